The molecule has 2 amide bonds. The highest BCUT2D eigenvalue weighted by Crippen LogP contribution is 2.22. The molecular weight excluding hydrogens is 278 g/mol. The van der Waals surface area contributed by atoms with Gasteiger partial charge < -0.3 is 14.3 Å². The molecule has 0 saturated heterocycles. The minimum absolute atomic E-state index is 0.215. The van der Waals surface area contributed by atoms with Crippen molar-refractivity contribution in [1.29, 1.82) is 0 Å². The third kappa shape index (κ3) is 3.45. The van der Waals surface area contributed by atoms with Crippen molar-refractivity contribution >= 4 is 17.8 Å². The van der Waals surface area contributed by atoms with Gasteiger partial charge in [-0.15, -0.1) is 0 Å². The Hall–Kier alpha value is -2.25. The second-order valence-electron chi connectivity index (χ2n) is 4.16. The molecule has 0 spiro atoms. The van der Waals surface area contributed by atoms with Crippen molar-refractivity contribution in [3.63, 3.8) is 0 Å². The van der Waals surface area contributed by atoms with E-state index in [4.69, 9.17) is 14.3 Å². The molecule has 2 rings (SSSR count). The standard InChI is InChI=1S/C14H15NO6/c1-2-19-7-8-20-9-12(16)21-15-13(17)10-5-3-4-6-11(10)14(15)18/h3-6H,2,7-9H2,1H3. The smallest absolute Gasteiger partial charge is 0.358 e. The minimum Gasteiger partial charge on any atom is -0.379 e. The fourth-order valence-electron chi connectivity index (χ4n) is 1.80. The summed E-state index contributed by atoms with van der Waals surface area (Å²) in [5.74, 6) is -2.13. The van der Waals surface area contributed by atoms with E-state index in [1.54, 1.807) is 12.1 Å². The first-order valence-electron chi connectivity index (χ1n) is 6.49. The van der Waals surface area contributed by atoms with E-state index in [1.807, 2.05) is 6.92 Å². The predicted octanol–water partition coefficient (Wildman–Crippen LogP) is 0.794. The second kappa shape index (κ2) is 6.96. The van der Waals surface area contributed by atoms with Crippen LogP contribution in [0, 0.1) is 0 Å². The highest BCUT2D eigenvalue weighted by atomic mass is 16.7. The van der Waals surface area contributed by atoms with Crippen LogP contribution in [-0.2, 0) is 19.1 Å². The Balaban J connectivity index is 1.86. The number of fused-ring (bicyclic) bond motifs is 1. The molecule has 7 heteroatoms. The highest BCUT2D eigenvalue weighted by Gasteiger charge is 2.38. The molecule has 0 radical (unpaired) electrons. The normalized spacial score (nSPS) is 13.5. The molecule has 1 heterocycles. The number of imide groups is 1. The van der Waals surface area contributed by atoms with E-state index in [2.05, 4.69) is 0 Å². The Morgan fingerprint density at radius 1 is 1.05 bits per heavy atom. The van der Waals surface area contributed by atoms with E-state index in [9.17, 15) is 14.4 Å². The number of ether oxygens (including phenoxy) is 2. The predicted molar refractivity (Wildman–Crippen MR) is 70.3 cm³/mol. The van der Waals surface area contributed by atoms with Crippen LogP contribution in [0.2, 0.25) is 0 Å². The first-order valence-corrected chi connectivity index (χ1v) is 6.49. The summed E-state index contributed by atoms with van der Waals surface area (Å²) in [5.41, 5.74) is 0.431. The van der Waals surface area contributed by atoms with Crippen LogP contribution in [0.25, 0.3) is 0 Å². The number of benzene rings is 1. The van der Waals surface area contributed by atoms with Gasteiger partial charge in [0, 0.05) is 6.61 Å². The molecule has 7 nitrogen and oxygen atoms in total. The third-order valence-electron chi connectivity index (χ3n) is 2.75. The third-order valence-corrected chi connectivity index (χ3v) is 2.75. The zero-order chi connectivity index (χ0) is 15.2. The van der Waals surface area contributed by atoms with Gasteiger partial charge in [0.05, 0.1) is 24.3 Å². The van der Waals surface area contributed by atoms with Crippen LogP contribution >= 0.6 is 0 Å². The monoisotopic (exact) mass is 293 g/mol. The first kappa shape index (κ1) is 15.1. The number of carbonyl (C=O) groups excluding carboxylic acids is 3. The zero-order valence-corrected chi connectivity index (χ0v) is 11.5. The maximum atomic E-state index is 11.9. The lowest BCUT2D eigenvalue weighted by atomic mass is 10.1. The van der Waals surface area contributed by atoms with Gasteiger partial charge >= 0.3 is 5.97 Å². The van der Waals surface area contributed by atoms with Gasteiger partial charge in [0.1, 0.15) is 6.61 Å². The Morgan fingerprint density at radius 2 is 1.62 bits per heavy atom. The SMILES string of the molecule is CCOCCOCC(=O)ON1C(=O)c2ccccc2C1=O. The molecule has 0 aliphatic carbocycles. The van der Waals surface area contributed by atoms with Crippen molar-refractivity contribution in [2.75, 3.05) is 26.4 Å². The number of carbonyl (C=O) groups is 3. The van der Waals surface area contributed by atoms with Crippen molar-refractivity contribution < 1.29 is 28.7 Å². The summed E-state index contributed by atoms with van der Waals surface area (Å²) >= 11 is 0. The Labute approximate surface area is 121 Å². The maximum absolute atomic E-state index is 11.9. The average Bonchev–Trinajstić information content (AvgIpc) is 2.73. The summed E-state index contributed by atoms with van der Waals surface area (Å²) in [6, 6.07) is 6.27. The van der Waals surface area contributed by atoms with E-state index in [0.29, 0.717) is 18.3 Å². The van der Waals surface area contributed by atoms with Crippen molar-refractivity contribution in [3.05, 3.63) is 35.4 Å². The molecule has 0 fully saturated rings. The summed E-state index contributed by atoms with van der Waals surface area (Å²) in [6.07, 6.45) is 0. The lowest BCUT2D eigenvalue weighted by molar-refractivity contribution is -0.174. The quantitative estimate of drug-likeness (QED) is 0.546. The largest absolute Gasteiger partial charge is 0.379 e. The molecule has 0 N–H and O–H groups in total. The number of hydrogen-bond donors (Lipinski definition) is 0. The fourth-order valence-corrected chi connectivity index (χ4v) is 1.80. The molecule has 112 valence electrons. The van der Waals surface area contributed by atoms with Crippen LogP contribution in [0.15, 0.2) is 24.3 Å². The molecule has 0 bridgehead atoms. The molecule has 0 atom stereocenters. The number of amides is 2. The van der Waals surface area contributed by atoms with E-state index in [0.717, 1.165) is 0 Å². The first-order chi connectivity index (χ1) is 10.1. The van der Waals surface area contributed by atoms with Crippen LogP contribution in [0.5, 0.6) is 0 Å². The van der Waals surface area contributed by atoms with Gasteiger partial charge in [-0.1, -0.05) is 17.2 Å². The van der Waals surface area contributed by atoms with Crippen LogP contribution < -0.4 is 0 Å². The van der Waals surface area contributed by atoms with Crippen LogP contribution in [0.4, 0.5) is 0 Å². The second-order valence-corrected chi connectivity index (χ2v) is 4.16. The average molecular weight is 293 g/mol. The number of rotatable bonds is 7. The molecule has 1 aromatic carbocycles. The number of nitrogens with zero attached hydrogens (tertiary/aromatic N) is 1. The summed E-state index contributed by atoms with van der Waals surface area (Å²) < 4.78 is 10.0. The molecule has 1 aromatic rings. The number of hydroxylamine groups is 2. The van der Waals surface area contributed by atoms with E-state index in [1.165, 1.54) is 12.1 Å². The fraction of sp³-hybridized carbons (Fsp3) is 0.357. The molecule has 1 aliphatic rings. The lowest BCUT2D eigenvalue weighted by Gasteiger charge is -2.12. The zero-order valence-electron chi connectivity index (χ0n) is 11.5. The molecule has 1 aliphatic heterocycles. The van der Waals surface area contributed by atoms with Gasteiger partial charge in [-0.2, -0.15) is 0 Å². The van der Waals surface area contributed by atoms with Crippen molar-refractivity contribution in [2.24, 2.45) is 0 Å². The molecule has 0 aromatic heterocycles. The molecule has 21 heavy (non-hydrogen) atoms. The van der Waals surface area contributed by atoms with Gasteiger partial charge in [0.15, 0.2) is 0 Å². The number of hydrogen-bond acceptors (Lipinski definition) is 6. The van der Waals surface area contributed by atoms with Crippen LogP contribution in [0.3, 0.4) is 0 Å². The summed E-state index contributed by atoms with van der Waals surface area (Å²) in [7, 11) is 0. The van der Waals surface area contributed by atoms with Gasteiger partial charge in [-0.3, -0.25) is 9.59 Å². The van der Waals surface area contributed by atoms with Crippen LogP contribution in [-0.4, -0.2) is 49.3 Å². The van der Waals surface area contributed by atoms with Crippen LogP contribution in [0.1, 0.15) is 27.6 Å². The molecule has 0 unspecified atom stereocenters. The van der Waals surface area contributed by atoms with E-state index < -0.39 is 17.8 Å². The van der Waals surface area contributed by atoms with Gasteiger partial charge in [-0.25, -0.2) is 4.79 Å². The van der Waals surface area contributed by atoms with Crippen molar-refractivity contribution in [1.82, 2.24) is 5.06 Å². The van der Waals surface area contributed by atoms with Crippen molar-refractivity contribution in [3.8, 4) is 0 Å². The maximum Gasteiger partial charge on any atom is 0.358 e. The van der Waals surface area contributed by atoms with Gasteiger partial charge in [-0.05, 0) is 19.1 Å². The summed E-state index contributed by atoms with van der Waals surface area (Å²) in [4.78, 5) is 40.1. The van der Waals surface area contributed by atoms with Gasteiger partial charge in [0.2, 0.25) is 0 Å². The Morgan fingerprint density at radius 3 is 2.19 bits per heavy atom. The van der Waals surface area contributed by atoms with E-state index >= 15 is 0 Å². The summed E-state index contributed by atoms with van der Waals surface area (Å²) in [5, 5.41) is 0.457. The molecular formula is C14H15NO6. The summed E-state index contributed by atoms with van der Waals surface area (Å²) in [6.45, 7) is 2.63. The topological polar surface area (TPSA) is 82.1 Å². The lowest BCUT2D eigenvalue weighted by Crippen LogP contribution is -2.34. The van der Waals surface area contributed by atoms with E-state index in [-0.39, 0.29) is 24.3 Å². The Bertz CT molecular complexity index is 521. The highest BCUT2D eigenvalue weighted by molar-refractivity contribution is 6.20. The van der Waals surface area contributed by atoms with Gasteiger partial charge in [0.25, 0.3) is 11.8 Å². The van der Waals surface area contributed by atoms with Crippen molar-refractivity contribution in [2.45, 2.75) is 6.92 Å². The molecule has 0 saturated carbocycles. The minimum atomic E-state index is -0.819. The Kier molecular flexibility index (Phi) is 5.02.